The normalized spacial score (nSPS) is 7.25. The van der Waals surface area contributed by atoms with Crippen LogP contribution in [0.3, 0.4) is 0 Å². The molecule has 0 atom stereocenters. The van der Waals surface area contributed by atoms with Crippen LogP contribution in [-0.4, -0.2) is 11.6 Å². The van der Waals surface area contributed by atoms with E-state index in [-0.39, 0.29) is 28.6 Å². The molecule has 0 unspecified atom stereocenters. The maximum Gasteiger partial charge on any atom is 3.00 e. The van der Waals surface area contributed by atoms with E-state index in [0.29, 0.717) is 6.42 Å². The average molecular weight is 156 g/mol. The van der Waals surface area contributed by atoms with Gasteiger partial charge in [0, 0.05) is 13.3 Å². The minimum atomic E-state index is -0.345. The van der Waals surface area contributed by atoms with Gasteiger partial charge in [-0.15, -0.1) is 0 Å². The summed E-state index contributed by atoms with van der Waals surface area (Å²) in [7, 11) is 0. The molecule has 0 aromatic carbocycles. The van der Waals surface area contributed by atoms with Gasteiger partial charge in [-0.3, -0.25) is 9.59 Å². The zero-order valence-electron chi connectivity index (χ0n) is 4.88. The Labute approximate surface area is 59.1 Å². The Balaban J connectivity index is 0. The van der Waals surface area contributed by atoms with E-state index in [0.717, 1.165) is 0 Å². The molecule has 0 aliphatic rings. The zero-order valence-corrected chi connectivity index (χ0v) is 5.98. The summed E-state index contributed by atoms with van der Waals surface area (Å²) in [5.74, 6) is -0.637. The predicted molar refractivity (Wildman–Crippen MR) is 26.0 cm³/mol. The molecule has 0 bridgehead atoms. The number of rotatable bonds is 2. The van der Waals surface area contributed by atoms with Gasteiger partial charge in [0.15, 0.2) is 11.6 Å². The fourth-order valence-electron chi connectivity index (χ4n) is 0.249. The molecule has 0 N–H and O–H groups in total. The Morgan fingerprint density at radius 3 is 1.75 bits per heavy atom. The smallest absolute Gasteiger partial charge is 0.291 e. The van der Waals surface area contributed by atoms with Gasteiger partial charge in [-0.2, -0.15) is 0 Å². The van der Waals surface area contributed by atoms with Gasteiger partial charge >= 0.3 is 17.1 Å². The fraction of sp³-hybridized carbons (Fsp3) is 0.600. The molecule has 0 saturated heterocycles. The molecular formula is C5H8FeO2+3. The molecular weight excluding hydrogens is 148 g/mol. The van der Waals surface area contributed by atoms with Crippen LogP contribution < -0.4 is 0 Å². The molecule has 0 saturated carbocycles. The monoisotopic (exact) mass is 156 g/mol. The van der Waals surface area contributed by atoms with Crippen molar-refractivity contribution in [2.24, 2.45) is 0 Å². The van der Waals surface area contributed by atoms with Crippen molar-refractivity contribution in [3.63, 3.8) is 0 Å². The van der Waals surface area contributed by atoms with E-state index in [9.17, 15) is 9.59 Å². The van der Waals surface area contributed by atoms with E-state index in [4.69, 9.17) is 0 Å². The van der Waals surface area contributed by atoms with Gasteiger partial charge in [-0.05, 0) is 0 Å². The van der Waals surface area contributed by atoms with Crippen LogP contribution in [0, 0.1) is 0 Å². The van der Waals surface area contributed by atoms with Crippen LogP contribution in [-0.2, 0) is 26.7 Å². The average Bonchev–Trinajstić information content (AvgIpc) is 1.65. The van der Waals surface area contributed by atoms with E-state index < -0.39 is 0 Å². The predicted octanol–water partition coefficient (Wildman–Crippen LogP) is 0.552. The maximum absolute atomic E-state index is 10.2. The third kappa shape index (κ3) is 4.03. The summed E-state index contributed by atoms with van der Waals surface area (Å²) >= 11 is 0. The number of Topliss-reactive ketones (excluding diaryl/α,β-unsaturated/α-hetero) is 2. The molecule has 0 amide bonds. The second kappa shape index (κ2) is 5.01. The number of ketones is 2. The van der Waals surface area contributed by atoms with Crippen LogP contribution in [0.25, 0.3) is 0 Å². The summed E-state index contributed by atoms with van der Waals surface area (Å²) in [5.41, 5.74) is 0. The molecule has 1 radical (unpaired) electrons. The molecule has 0 aliphatic carbocycles. The first kappa shape index (κ1) is 10.8. The molecule has 0 aromatic rings. The Hall–Kier alpha value is -0.141. The van der Waals surface area contributed by atoms with E-state index in [1.54, 1.807) is 6.92 Å². The van der Waals surface area contributed by atoms with Crippen LogP contribution in [0.15, 0.2) is 0 Å². The van der Waals surface area contributed by atoms with Crippen molar-refractivity contribution in [1.29, 1.82) is 0 Å². The topological polar surface area (TPSA) is 34.1 Å². The fourth-order valence-corrected chi connectivity index (χ4v) is 0.249. The van der Waals surface area contributed by atoms with Crippen molar-refractivity contribution in [2.75, 3.05) is 0 Å². The van der Waals surface area contributed by atoms with Gasteiger partial charge in [-0.25, -0.2) is 0 Å². The second-order valence-corrected chi connectivity index (χ2v) is 1.33. The molecule has 8 heavy (non-hydrogen) atoms. The zero-order chi connectivity index (χ0) is 5.86. The van der Waals surface area contributed by atoms with Crippen molar-refractivity contribution < 1.29 is 26.7 Å². The molecule has 45 valence electrons. The molecule has 2 nitrogen and oxygen atoms in total. The van der Waals surface area contributed by atoms with Gasteiger partial charge in [0.05, 0.1) is 0 Å². The van der Waals surface area contributed by atoms with Crippen molar-refractivity contribution in [3.05, 3.63) is 0 Å². The van der Waals surface area contributed by atoms with Gasteiger partial charge in [-0.1, -0.05) is 6.92 Å². The van der Waals surface area contributed by atoms with Crippen LogP contribution in [0.4, 0.5) is 0 Å². The summed E-state index contributed by atoms with van der Waals surface area (Å²) < 4.78 is 0. The minimum absolute atomic E-state index is 0. The molecule has 0 heterocycles. The number of carbonyl (C=O) groups is 2. The standard InChI is InChI=1S/C5H8O2.Fe/c1-3-5(7)4(2)6;/h3H2,1-2H3;/q;+3. The SMILES string of the molecule is CCC(=O)C(C)=O.[Fe+3]. The molecule has 0 aliphatic heterocycles. The van der Waals surface area contributed by atoms with Gasteiger partial charge in [0.1, 0.15) is 0 Å². The van der Waals surface area contributed by atoms with Crippen LogP contribution >= 0.6 is 0 Å². The van der Waals surface area contributed by atoms with E-state index in [2.05, 4.69) is 0 Å². The number of carbonyl (C=O) groups excluding carboxylic acids is 2. The molecule has 0 fully saturated rings. The van der Waals surface area contributed by atoms with Crippen LogP contribution in [0.5, 0.6) is 0 Å². The van der Waals surface area contributed by atoms with Crippen molar-refractivity contribution in [2.45, 2.75) is 20.3 Å². The number of hydrogen-bond acceptors (Lipinski definition) is 2. The summed E-state index contributed by atoms with van der Waals surface area (Å²) in [6.07, 6.45) is 0.329. The summed E-state index contributed by atoms with van der Waals surface area (Å²) in [4.78, 5) is 20.2. The molecule has 3 heteroatoms. The summed E-state index contributed by atoms with van der Waals surface area (Å²) in [6.45, 7) is 2.95. The van der Waals surface area contributed by atoms with E-state index >= 15 is 0 Å². The quantitative estimate of drug-likeness (QED) is 0.432. The third-order valence-electron chi connectivity index (χ3n) is 0.714. The van der Waals surface area contributed by atoms with Gasteiger partial charge < -0.3 is 0 Å². The van der Waals surface area contributed by atoms with Crippen molar-refractivity contribution in [3.8, 4) is 0 Å². The maximum atomic E-state index is 10.2. The summed E-state index contributed by atoms with van der Waals surface area (Å²) in [6, 6.07) is 0. The molecule has 0 rings (SSSR count). The largest absolute Gasteiger partial charge is 3.00 e. The Morgan fingerprint density at radius 1 is 1.38 bits per heavy atom. The first-order valence-electron chi connectivity index (χ1n) is 2.22. The Bertz CT molecular complexity index is 98.6. The Kier molecular flexibility index (Phi) is 6.74. The van der Waals surface area contributed by atoms with Gasteiger partial charge in [0.25, 0.3) is 0 Å². The first-order valence-corrected chi connectivity index (χ1v) is 2.22. The van der Waals surface area contributed by atoms with Crippen LogP contribution in [0.1, 0.15) is 20.3 Å². The van der Waals surface area contributed by atoms with E-state index in [1.807, 2.05) is 0 Å². The third-order valence-corrected chi connectivity index (χ3v) is 0.714. The van der Waals surface area contributed by atoms with Crippen LogP contribution in [0.2, 0.25) is 0 Å². The molecule has 0 spiro atoms. The van der Waals surface area contributed by atoms with E-state index in [1.165, 1.54) is 6.92 Å². The first-order chi connectivity index (χ1) is 3.18. The number of hydrogen-bond donors (Lipinski definition) is 0. The minimum Gasteiger partial charge on any atom is -0.291 e. The molecule has 0 aromatic heterocycles. The van der Waals surface area contributed by atoms with Crippen molar-refractivity contribution >= 4 is 11.6 Å². The van der Waals surface area contributed by atoms with Crippen molar-refractivity contribution in [1.82, 2.24) is 0 Å². The van der Waals surface area contributed by atoms with Gasteiger partial charge in [0.2, 0.25) is 0 Å². The summed E-state index contributed by atoms with van der Waals surface area (Å²) in [5, 5.41) is 0. The second-order valence-electron chi connectivity index (χ2n) is 1.33. The Morgan fingerprint density at radius 2 is 1.75 bits per heavy atom.